The molecule has 0 amide bonds. The van der Waals surface area contributed by atoms with Crippen LogP contribution in [0.5, 0.6) is 11.5 Å². The highest BCUT2D eigenvalue weighted by Gasteiger charge is 2.43. The first-order valence-corrected chi connectivity index (χ1v) is 7.41. The minimum atomic E-state index is -1.54. The van der Waals surface area contributed by atoms with Crippen LogP contribution in [0.4, 0.5) is 0 Å². The van der Waals surface area contributed by atoms with Crippen LogP contribution in [0.1, 0.15) is 12.7 Å². The van der Waals surface area contributed by atoms with E-state index in [9.17, 15) is 25.2 Å². The summed E-state index contributed by atoms with van der Waals surface area (Å²) in [7, 11) is 0. The summed E-state index contributed by atoms with van der Waals surface area (Å²) in [5.74, 6) is 0.105. The second kappa shape index (κ2) is 6.06. The standard InChI is InChI=1S/C16H18O8/c1-6-3-9(18)12-10(22-6)4-8(17)5-11(12)24-16-15(21)14(20)13(19)7(2)23-16/h3-5,7,13-17,19-21H,1-2H3/t7-,13-,14+,15+,16+/m0/s1. The molecular formula is C16H18O8. The zero-order valence-electron chi connectivity index (χ0n) is 13.0. The molecule has 1 aromatic carbocycles. The van der Waals surface area contributed by atoms with Gasteiger partial charge in [0.15, 0.2) is 5.43 Å². The predicted octanol–water partition coefficient (Wildman–Crippen LogP) is 0.0133. The first-order chi connectivity index (χ1) is 11.3. The van der Waals surface area contributed by atoms with Crippen molar-refractivity contribution in [3.05, 3.63) is 34.2 Å². The number of aryl methyl sites for hydroxylation is 1. The molecule has 0 aliphatic carbocycles. The lowest BCUT2D eigenvalue weighted by atomic mass is 10.00. The number of ether oxygens (including phenoxy) is 2. The molecule has 130 valence electrons. The van der Waals surface area contributed by atoms with Crippen molar-refractivity contribution in [3.8, 4) is 11.5 Å². The summed E-state index contributed by atoms with van der Waals surface area (Å²) in [4.78, 5) is 12.2. The molecule has 0 spiro atoms. The molecule has 3 rings (SSSR count). The lowest BCUT2D eigenvalue weighted by molar-refractivity contribution is -0.267. The number of aliphatic hydroxyl groups excluding tert-OH is 3. The van der Waals surface area contributed by atoms with Gasteiger partial charge >= 0.3 is 0 Å². The second-order valence-electron chi connectivity index (χ2n) is 5.84. The van der Waals surface area contributed by atoms with Gasteiger partial charge in [0, 0.05) is 18.2 Å². The normalized spacial score (nSPS) is 30.5. The van der Waals surface area contributed by atoms with Crippen molar-refractivity contribution in [2.75, 3.05) is 0 Å². The van der Waals surface area contributed by atoms with Gasteiger partial charge < -0.3 is 34.3 Å². The van der Waals surface area contributed by atoms with Gasteiger partial charge in [-0.3, -0.25) is 4.79 Å². The van der Waals surface area contributed by atoms with Crippen LogP contribution in [-0.2, 0) is 4.74 Å². The molecule has 1 aliphatic rings. The number of rotatable bonds is 2. The van der Waals surface area contributed by atoms with Gasteiger partial charge in [-0.2, -0.15) is 0 Å². The Morgan fingerprint density at radius 2 is 1.79 bits per heavy atom. The quantitative estimate of drug-likeness (QED) is 0.603. The van der Waals surface area contributed by atoms with Gasteiger partial charge in [0.2, 0.25) is 6.29 Å². The highest BCUT2D eigenvalue weighted by molar-refractivity contribution is 5.85. The Morgan fingerprint density at radius 3 is 2.50 bits per heavy atom. The molecule has 0 bridgehead atoms. The Labute approximate surface area is 136 Å². The molecule has 24 heavy (non-hydrogen) atoms. The summed E-state index contributed by atoms with van der Waals surface area (Å²) in [5.41, 5.74) is -0.267. The fourth-order valence-corrected chi connectivity index (χ4v) is 2.69. The molecular weight excluding hydrogens is 320 g/mol. The van der Waals surface area contributed by atoms with Crippen molar-refractivity contribution in [1.29, 1.82) is 0 Å². The summed E-state index contributed by atoms with van der Waals surface area (Å²) >= 11 is 0. The number of hydrogen-bond acceptors (Lipinski definition) is 8. The maximum atomic E-state index is 12.2. The molecule has 0 unspecified atom stereocenters. The Kier molecular flexibility index (Phi) is 4.22. The van der Waals surface area contributed by atoms with E-state index in [-0.39, 0.29) is 27.9 Å². The van der Waals surface area contributed by atoms with Crippen molar-refractivity contribution >= 4 is 11.0 Å². The van der Waals surface area contributed by atoms with E-state index in [1.807, 2.05) is 0 Å². The van der Waals surface area contributed by atoms with Crippen LogP contribution < -0.4 is 10.2 Å². The van der Waals surface area contributed by atoms with Gasteiger partial charge in [-0.15, -0.1) is 0 Å². The van der Waals surface area contributed by atoms with E-state index in [1.165, 1.54) is 25.1 Å². The zero-order valence-corrected chi connectivity index (χ0v) is 13.0. The zero-order chi connectivity index (χ0) is 17.6. The van der Waals surface area contributed by atoms with Gasteiger partial charge in [-0.1, -0.05) is 0 Å². The molecule has 1 aliphatic heterocycles. The van der Waals surface area contributed by atoms with Gasteiger partial charge in [-0.05, 0) is 13.8 Å². The summed E-state index contributed by atoms with van der Waals surface area (Å²) in [6.07, 6.45) is -6.40. The average molecular weight is 338 g/mol. The van der Waals surface area contributed by atoms with Crippen molar-refractivity contribution in [2.45, 2.75) is 44.6 Å². The van der Waals surface area contributed by atoms with Crippen LogP contribution in [-0.4, -0.2) is 51.1 Å². The highest BCUT2D eigenvalue weighted by atomic mass is 16.7. The third-order valence-corrected chi connectivity index (χ3v) is 3.95. The van der Waals surface area contributed by atoms with E-state index < -0.39 is 30.7 Å². The lowest BCUT2D eigenvalue weighted by Gasteiger charge is -2.38. The topological polar surface area (TPSA) is 130 Å². The molecule has 1 fully saturated rings. The third-order valence-electron chi connectivity index (χ3n) is 3.95. The molecule has 0 radical (unpaired) electrons. The van der Waals surface area contributed by atoms with Gasteiger partial charge in [0.25, 0.3) is 0 Å². The van der Waals surface area contributed by atoms with Crippen molar-refractivity contribution < 1.29 is 34.3 Å². The van der Waals surface area contributed by atoms with E-state index in [0.717, 1.165) is 0 Å². The van der Waals surface area contributed by atoms with Crippen LogP contribution in [0.3, 0.4) is 0 Å². The number of phenolic OH excluding ortho intramolecular Hbond substituents is 1. The monoisotopic (exact) mass is 338 g/mol. The predicted molar refractivity (Wildman–Crippen MR) is 81.9 cm³/mol. The third kappa shape index (κ3) is 2.84. The molecule has 8 heteroatoms. The van der Waals surface area contributed by atoms with Crippen molar-refractivity contribution in [3.63, 3.8) is 0 Å². The van der Waals surface area contributed by atoms with Crippen LogP contribution in [0.2, 0.25) is 0 Å². The summed E-state index contributed by atoms with van der Waals surface area (Å²) in [6.45, 7) is 3.10. The smallest absolute Gasteiger partial charge is 0.229 e. The second-order valence-corrected chi connectivity index (χ2v) is 5.84. The molecule has 4 N–H and O–H groups in total. The maximum absolute atomic E-state index is 12.2. The molecule has 0 saturated carbocycles. The number of aliphatic hydroxyl groups is 3. The van der Waals surface area contributed by atoms with Crippen molar-refractivity contribution in [2.24, 2.45) is 0 Å². The van der Waals surface area contributed by atoms with Crippen LogP contribution >= 0.6 is 0 Å². The van der Waals surface area contributed by atoms with E-state index in [0.29, 0.717) is 5.76 Å². The minimum absolute atomic E-state index is 0.0569. The first-order valence-electron chi connectivity index (χ1n) is 7.41. The van der Waals surface area contributed by atoms with Gasteiger partial charge in [0.05, 0.1) is 6.10 Å². The highest BCUT2D eigenvalue weighted by Crippen LogP contribution is 2.32. The SMILES string of the molecule is Cc1cc(=O)c2c(O[C@H]3O[C@@H](C)[C@H](O)[C@@H](O)[C@H]3O)cc(O)cc2o1. The van der Waals surface area contributed by atoms with E-state index in [4.69, 9.17) is 13.9 Å². The van der Waals surface area contributed by atoms with E-state index >= 15 is 0 Å². The van der Waals surface area contributed by atoms with Crippen LogP contribution in [0, 0.1) is 6.92 Å². The number of benzene rings is 1. The van der Waals surface area contributed by atoms with Gasteiger partial charge in [-0.25, -0.2) is 0 Å². The van der Waals surface area contributed by atoms with E-state index in [1.54, 1.807) is 6.92 Å². The minimum Gasteiger partial charge on any atom is -0.508 e. The number of fused-ring (bicyclic) bond motifs is 1. The Morgan fingerprint density at radius 1 is 1.08 bits per heavy atom. The average Bonchev–Trinajstić information content (AvgIpc) is 2.49. The molecule has 8 nitrogen and oxygen atoms in total. The molecule has 5 atom stereocenters. The lowest BCUT2D eigenvalue weighted by Crippen LogP contribution is -2.58. The Hall–Kier alpha value is -2.13. The van der Waals surface area contributed by atoms with E-state index in [2.05, 4.69) is 0 Å². The number of phenols is 1. The first kappa shape index (κ1) is 16.7. The van der Waals surface area contributed by atoms with Crippen LogP contribution in [0.25, 0.3) is 11.0 Å². The number of hydrogen-bond donors (Lipinski definition) is 4. The summed E-state index contributed by atoms with van der Waals surface area (Å²) in [6, 6.07) is 3.73. The largest absolute Gasteiger partial charge is 0.508 e. The maximum Gasteiger partial charge on any atom is 0.229 e. The molecule has 2 heterocycles. The fourth-order valence-electron chi connectivity index (χ4n) is 2.69. The Balaban J connectivity index is 2.03. The summed E-state index contributed by atoms with van der Waals surface area (Å²) < 4.78 is 16.3. The van der Waals surface area contributed by atoms with Crippen LogP contribution in [0.15, 0.2) is 27.4 Å². The van der Waals surface area contributed by atoms with Crippen molar-refractivity contribution in [1.82, 2.24) is 0 Å². The molecule has 1 saturated heterocycles. The fraction of sp³-hybridized carbons (Fsp3) is 0.438. The number of aromatic hydroxyl groups is 1. The molecule has 1 aromatic heterocycles. The summed E-state index contributed by atoms with van der Waals surface area (Å²) in [5, 5.41) is 39.4. The molecule has 2 aromatic rings. The van der Waals surface area contributed by atoms with Gasteiger partial charge in [0.1, 0.15) is 46.5 Å². The Bertz CT molecular complexity index is 808.